The fourth-order valence-corrected chi connectivity index (χ4v) is 1.45. The predicted molar refractivity (Wildman–Crippen MR) is 45.3 cm³/mol. The Labute approximate surface area is 76.7 Å². The van der Waals surface area contributed by atoms with Crippen molar-refractivity contribution in [2.24, 2.45) is 0 Å². The van der Waals surface area contributed by atoms with Gasteiger partial charge in [0.15, 0.2) is 5.78 Å². The molecule has 0 aromatic rings. The number of Topliss-reactive ketones (excluding diaryl/α,β-unsaturated/α-hetero) is 1. The fraction of sp³-hybridized carbons (Fsp3) is 0.875. The van der Waals surface area contributed by atoms with Gasteiger partial charge in [0.1, 0.15) is 18.3 Å². The van der Waals surface area contributed by atoms with Crippen molar-refractivity contribution in [2.45, 2.75) is 31.3 Å². The van der Waals surface area contributed by atoms with Crippen LogP contribution in [0.4, 0.5) is 0 Å². The number of rotatable bonds is 3. The molecule has 5 nitrogen and oxygen atoms in total. The summed E-state index contributed by atoms with van der Waals surface area (Å²) in [4.78, 5) is 10.9. The van der Waals surface area contributed by atoms with Crippen LogP contribution >= 0.6 is 0 Å². The van der Waals surface area contributed by atoms with Crippen LogP contribution in [0.15, 0.2) is 0 Å². The third-order valence-electron chi connectivity index (χ3n) is 2.17. The van der Waals surface area contributed by atoms with E-state index in [0.29, 0.717) is 6.54 Å². The monoisotopic (exact) mass is 189 g/mol. The van der Waals surface area contributed by atoms with E-state index in [0.717, 1.165) is 0 Å². The molecule has 0 aromatic heterocycles. The maximum atomic E-state index is 10.9. The molecule has 1 fully saturated rings. The molecular weight excluding hydrogens is 174 g/mol. The van der Waals surface area contributed by atoms with Gasteiger partial charge < -0.3 is 20.3 Å². The summed E-state index contributed by atoms with van der Waals surface area (Å²) < 4.78 is 5.18. The molecule has 0 bridgehead atoms. The van der Waals surface area contributed by atoms with Gasteiger partial charge in [0.2, 0.25) is 0 Å². The predicted octanol–water partition coefficient (Wildman–Crippen LogP) is -1.72. The quantitative estimate of drug-likeness (QED) is 0.492. The molecule has 0 aromatic carbocycles. The average molecular weight is 189 g/mol. The van der Waals surface area contributed by atoms with E-state index in [4.69, 9.17) is 4.74 Å². The van der Waals surface area contributed by atoms with Gasteiger partial charge >= 0.3 is 0 Å². The summed E-state index contributed by atoms with van der Waals surface area (Å²) in [5.74, 6) is -0.259. The number of aliphatic hydroxyl groups is 2. The van der Waals surface area contributed by atoms with Crippen molar-refractivity contribution in [1.82, 2.24) is 5.32 Å². The molecule has 1 heterocycles. The highest BCUT2D eigenvalue weighted by molar-refractivity contribution is 5.81. The van der Waals surface area contributed by atoms with E-state index < -0.39 is 24.4 Å². The van der Waals surface area contributed by atoms with Crippen LogP contribution in [0.3, 0.4) is 0 Å². The largest absolute Gasteiger partial charge is 0.388 e. The summed E-state index contributed by atoms with van der Waals surface area (Å²) in [6.07, 6.45) is -3.47. The Morgan fingerprint density at radius 3 is 2.46 bits per heavy atom. The van der Waals surface area contributed by atoms with Crippen LogP contribution in [-0.2, 0) is 9.53 Å². The van der Waals surface area contributed by atoms with Crippen molar-refractivity contribution >= 4 is 5.78 Å². The number of carbonyl (C=O) groups is 1. The Morgan fingerprint density at radius 2 is 2.08 bits per heavy atom. The van der Waals surface area contributed by atoms with Crippen LogP contribution in [0.2, 0.25) is 0 Å². The van der Waals surface area contributed by atoms with E-state index >= 15 is 0 Å². The standard InChI is InChI=1S/C8H15NO4/c1-4(10)8-7(12)6(11)5(13-8)3-9-2/h5-9,11-12H,3H2,1-2H3/t5-,6?,7?,8+/m1/s1. The van der Waals surface area contributed by atoms with Crippen molar-refractivity contribution in [3.8, 4) is 0 Å². The van der Waals surface area contributed by atoms with Gasteiger partial charge in [0, 0.05) is 6.54 Å². The second-order valence-electron chi connectivity index (χ2n) is 3.24. The van der Waals surface area contributed by atoms with Crippen molar-refractivity contribution in [1.29, 1.82) is 0 Å². The van der Waals surface area contributed by atoms with E-state index in [1.54, 1.807) is 7.05 Å². The van der Waals surface area contributed by atoms with Gasteiger partial charge in [-0.15, -0.1) is 0 Å². The molecule has 0 amide bonds. The summed E-state index contributed by atoms with van der Waals surface area (Å²) in [7, 11) is 1.71. The van der Waals surface area contributed by atoms with Crippen LogP contribution < -0.4 is 5.32 Å². The molecule has 1 saturated heterocycles. The molecule has 13 heavy (non-hydrogen) atoms. The van der Waals surface area contributed by atoms with Crippen molar-refractivity contribution in [3.05, 3.63) is 0 Å². The lowest BCUT2D eigenvalue weighted by atomic mass is 10.1. The molecule has 0 aliphatic carbocycles. The molecule has 0 saturated carbocycles. The number of ether oxygens (including phenoxy) is 1. The molecule has 1 aliphatic heterocycles. The van der Waals surface area contributed by atoms with Gasteiger partial charge in [-0.25, -0.2) is 0 Å². The second kappa shape index (κ2) is 4.15. The van der Waals surface area contributed by atoms with Crippen LogP contribution in [0, 0.1) is 0 Å². The van der Waals surface area contributed by atoms with E-state index in [-0.39, 0.29) is 5.78 Å². The lowest BCUT2D eigenvalue weighted by Crippen LogP contribution is -2.37. The summed E-state index contributed by atoms with van der Waals surface area (Å²) in [6, 6.07) is 0. The number of ketones is 1. The minimum Gasteiger partial charge on any atom is -0.388 e. The van der Waals surface area contributed by atoms with Gasteiger partial charge in [-0.2, -0.15) is 0 Å². The molecule has 1 rings (SSSR count). The topological polar surface area (TPSA) is 78.8 Å². The van der Waals surface area contributed by atoms with Crippen LogP contribution in [-0.4, -0.2) is 54.0 Å². The van der Waals surface area contributed by atoms with Gasteiger partial charge in [-0.1, -0.05) is 0 Å². The Bertz CT molecular complexity index is 197. The second-order valence-corrected chi connectivity index (χ2v) is 3.24. The first kappa shape index (κ1) is 10.6. The Morgan fingerprint density at radius 1 is 1.46 bits per heavy atom. The number of hydrogen-bond donors (Lipinski definition) is 3. The maximum Gasteiger partial charge on any atom is 0.161 e. The normalized spacial score (nSPS) is 39.4. The van der Waals surface area contributed by atoms with E-state index in [9.17, 15) is 15.0 Å². The molecular formula is C8H15NO4. The van der Waals surface area contributed by atoms with Crippen molar-refractivity contribution in [2.75, 3.05) is 13.6 Å². The van der Waals surface area contributed by atoms with Gasteiger partial charge in [-0.3, -0.25) is 4.79 Å². The molecule has 0 radical (unpaired) electrons. The van der Waals surface area contributed by atoms with Crippen LogP contribution in [0.5, 0.6) is 0 Å². The first-order valence-corrected chi connectivity index (χ1v) is 4.24. The molecule has 1 aliphatic rings. The molecule has 3 N–H and O–H groups in total. The van der Waals surface area contributed by atoms with E-state index in [2.05, 4.69) is 5.32 Å². The molecule has 5 heteroatoms. The van der Waals surface area contributed by atoms with Gasteiger partial charge in [0.25, 0.3) is 0 Å². The Balaban J connectivity index is 2.61. The highest BCUT2D eigenvalue weighted by Crippen LogP contribution is 2.21. The number of nitrogens with one attached hydrogen (secondary N) is 1. The summed E-state index contributed by atoms with van der Waals surface area (Å²) in [5, 5.41) is 21.7. The number of aliphatic hydroxyl groups excluding tert-OH is 2. The van der Waals surface area contributed by atoms with Crippen molar-refractivity contribution < 1.29 is 19.7 Å². The Kier molecular flexibility index (Phi) is 3.38. The maximum absolute atomic E-state index is 10.9. The number of likely N-dealkylation sites (N-methyl/N-ethyl adjacent to an activating group) is 1. The minimum absolute atomic E-state index is 0.259. The van der Waals surface area contributed by atoms with E-state index in [1.807, 2.05) is 0 Å². The van der Waals surface area contributed by atoms with Crippen molar-refractivity contribution in [3.63, 3.8) is 0 Å². The minimum atomic E-state index is -1.10. The lowest BCUT2D eigenvalue weighted by Gasteiger charge is -2.12. The summed E-state index contributed by atoms with van der Waals surface area (Å²) in [5.41, 5.74) is 0. The van der Waals surface area contributed by atoms with Gasteiger partial charge in [0.05, 0.1) is 6.10 Å². The number of carbonyl (C=O) groups excluding carboxylic acids is 1. The fourth-order valence-electron chi connectivity index (χ4n) is 1.45. The summed E-state index contributed by atoms with van der Waals surface area (Å²) in [6.45, 7) is 1.75. The Hall–Kier alpha value is -0.490. The average Bonchev–Trinajstić information content (AvgIpc) is 2.33. The number of hydrogen-bond acceptors (Lipinski definition) is 5. The first-order valence-electron chi connectivity index (χ1n) is 4.24. The molecule has 0 spiro atoms. The van der Waals surface area contributed by atoms with E-state index in [1.165, 1.54) is 6.92 Å². The van der Waals surface area contributed by atoms with Gasteiger partial charge in [-0.05, 0) is 14.0 Å². The molecule has 2 unspecified atom stereocenters. The highest BCUT2D eigenvalue weighted by atomic mass is 16.5. The third kappa shape index (κ3) is 2.05. The summed E-state index contributed by atoms with van der Waals surface area (Å²) >= 11 is 0. The molecule has 76 valence electrons. The highest BCUT2D eigenvalue weighted by Gasteiger charge is 2.44. The smallest absolute Gasteiger partial charge is 0.161 e. The van der Waals surface area contributed by atoms with Crippen LogP contribution in [0.1, 0.15) is 6.92 Å². The molecule has 4 atom stereocenters. The zero-order valence-electron chi connectivity index (χ0n) is 7.73. The SMILES string of the molecule is CNC[C@H]1O[C@@H](C(C)=O)C(O)C1O. The zero-order valence-corrected chi connectivity index (χ0v) is 7.73. The third-order valence-corrected chi connectivity index (χ3v) is 2.17. The lowest BCUT2D eigenvalue weighted by molar-refractivity contribution is -0.131. The van der Waals surface area contributed by atoms with Crippen LogP contribution in [0.25, 0.3) is 0 Å². The first-order chi connectivity index (χ1) is 6.07. The zero-order chi connectivity index (χ0) is 10.0.